The van der Waals surface area contributed by atoms with Crippen molar-refractivity contribution in [3.63, 3.8) is 0 Å². The normalized spacial score (nSPS) is 24.7. The number of hydrogen-bond donors (Lipinski definition) is 2. The standard InChI is InChI=1S/C16H24N2O3/c1-10-8-12(20-3)13(21-4)9-11(10)18-15(19)16(2)7-5-6-14(16)17/h8-9,14H,5-7,17H2,1-4H3,(H,18,19). The molecule has 0 bridgehead atoms. The monoisotopic (exact) mass is 292 g/mol. The van der Waals surface area contributed by atoms with Gasteiger partial charge in [-0.3, -0.25) is 4.79 Å². The minimum absolute atomic E-state index is 0.0252. The third-order valence-corrected chi connectivity index (χ3v) is 4.53. The number of rotatable bonds is 4. The average Bonchev–Trinajstić information content (AvgIpc) is 2.81. The lowest BCUT2D eigenvalue weighted by molar-refractivity contribution is -0.125. The molecule has 1 fully saturated rings. The summed E-state index contributed by atoms with van der Waals surface area (Å²) in [6.45, 7) is 3.87. The van der Waals surface area contributed by atoms with Gasteiger partial charge in [0.15, 0.2) is 11.5 Å². The molecule has 0 heterocycles. The summed E-state index contributed by atoms with van der Waals surface area (Å²) in [4.78, 5) is 12.6. The number of carbonyl (C=O) groups is 1. The summed E-state index contributed by atoms with van der Waals surface area (Å²) in [5.74, 6) is 1.22. The van der Waals surface area contributed by atoms with Crippen LogP contribution < -0.4 is 20.5 Å². The van der Waals surface area contributed by atoms with E-state index in [0.717, 1.165) is 30.5 Å². The van der Waals surface area contributed by atoms with Gasteiger partial charge in [-0.25, -0.2) is 0 Å². The molecule has 2 unspecified atom stereocenters. The van der Waals surface area contributed by atoms with E-state index < -0.39 is 5.41 Å². The van der Waals surface area contributed by atoms with Crippen LogP contribution in [0.15, 0.2) is 12.1 Å². The van der Waals surface area contributed by atoms with Gasteiger partial charge in [-0.05, 0) is 38.3 Å². The number of nitrogens with one attached hydrogen (secondary N) is 1. The number of carbonyl (C=O) groups excluding carboxylic acids is 1. The molecule has 5 nitrogen and oxygen atoms in total. The van der Waals surface area contributed by atoms with Crippen molar-refractivity contribution in [2.45, 2.75) is 39.2 Å². The van der Waals surface area contributed by atoms with Crippen molar-refractivity contribution in [3.05, 3.63) is 17.7 Å². The molecule has 1 saturated carbocycles. The molecule has 2 atom stereocenters. The maximum Gasteiger partial charge on any atom is 0.231 e. The molecule has 1 aromatic rings. The molecule has 3 N–H and O–H groups in total. The Bertz CT molecular complexity index is 545. The zero-order chi connectivity index (χ0) is 15.6. The highest BCUT2D eigenvalue weighted by molar-refractivity contribution is 5.96. The molecule has 1 aliphatic rings. The van der Waals surface area contributed by atoms with Crippen LogP contribution in [0.2, 0.25) is 0 Å². The fourth-order valence-corrected chi connectivity index (χ4v) is 2.86. The van der Waals surface area contributed by atoms with Crippen molar-refractivity contribution < 1.29 is 14.3 Å². The Hall–Kier alpha value is -1.75. The van der Waals surface area contributed by atoms with Crippen LogP contribution in [-0.2, 0) is 4.79 Å². The number of ether oxygens (including phenoxy) is 2. The Balaban J connectivity index is 2.25. The fraction of sp³-hybridized carbons (Fsp3) is 0.562. The van der Waals surface area contributed by atoms with E-state index in [9.17, 15) is 4.79 Å². The SMILES string of the molecule is COc1cc(C)c(NC(=O)C2(C)CCCC2N)cc1OC. The predicted octanol–water partition coefficient (Wildman–Crippen LogP) is 2.47. The van der Waals surface area contributed by atoms with Crippen molar-refractivity contribution in [1.29, 1.82) is 0 Å². The van der Waals surface area contributed by atoms with E-state index in [2.05, 4.69) is 5.32 Å². The van der Waals surface area contributed by atoms with Crippen LogP contribution in [0.25, 0.3) is 0 Å². The topological polar surface area (TPSA) is 73.6 Å². The number of benzene rings is 1. The highest BCUT2D eigenvalue weighted by Gasteiger charge is 2.43. The van der Waals surface area contributed by atoms with E-state index in [1.54, 1.807) is 20.3 Å². The first-order valence-electron chi connectivity index (χ1n) is 7.22. The van der Waals surface area contributed by atoms with Gasteiger partial charge in [0.1, 0.15) is 0 Å². The summed E-state index contributed by atoms with van der Waals surface area (Å²) < 4.78 is 10.5. The molecule has 116 valence electrons. The summed E-state index contributed by atoms with van der Waals surface area (Å²) in [6, 6.07) is 3.55. The lowest BCUT2D eigenvalue weighted by atomic mass is 9.84. The number of amides is 1. The summed E-state index contributed by atoms with van der Waals surface area (Å²) in [7, 11) is 3.17. The molecule has 1 aromatic carbocycles. The molecule has 1 aliphatic carbocycles. The molecule has 0 spiro atoms. The van der Waals surface area contributed by atoms with Gasteiger partial charge in [-0.15, -0.1) is 0 Å². The Labute approximate surface area is 125 Å². The maximum absolute atomic E-state index is 12.6. The van der Waals surface area contributed by atoms with Gasteiger partial charge in [0.25, 0.3) is 0 Å². The van der Waals surface area contributed by atoms with Crippen LogP contribution in [0.4, 0.5) is 5.69 Å². The fourth-order valence-electron chi connectivity index (χ4n) is 2.86. The van der Waals surface area contributed by atoms with Crippen LogP contribution in [0.3, 0.4) is 0 Å². The number of hydrogen-bond acceptors (Lipinski definition) is 4. The van der Waals surface area contributed by atoms with Crippen LogP contribution in [-0.4, -0.2) is 26.2 Å². The Kier molecular flexibility index (Phi) is 4.42. The highest BCUT2D eigenvalue weighted by Crippen LogP contribution is 2.39. The second-order valence-corrected chi connectivity index (χ2v) is 5.89. The second kappa shape index (κ2) is 5.93. The molecule has 5 heteroatoms. The number of aryl methyl sites for hydroxylation is 1. The van der Waals surface area contributed by atoms with E-state index >= 15 is 0 Å². The lowest BCUT2D eigenvalue weighted by Crippen LogP contribution is -2.44. The minimum atomic E-state index is -0.500. The van der Waals surface area contributed by atoms with Crippen molar-refractivity contribution in [2.75, 3.05) is 19.5 Å². The predicted molar refractivity (Wildman–Crippen MR) is 82.8 cm³/mol. The van der Waals surface area contributed by atoms with E-state index in [0.29, 0.717) is 11.5 Å². The molecular weight excluding hydrogens is 268 g/mol. The molecule has 0 aromatic heterocycles. The zero-order valence-electron chi connectivity index (χ0n) is 13.2. The molecule has 21 heavy (non-hydrogen) atoms. The van der Waals surface area contributed by atoms with Crippen LogP contribution in [0.5, 0.6) is 11.5 Å². The van der Waals surface area contributed by atoms with Crippen molar-refractivity contribution in [2.24, 2.45) is 11.1 Å². The Morgan fingerprint density at radius 3 is 2.48 bits per heavy atom. The van der Waals surface area contributed by atoms with Crippen LogP contribution in [0.1, 0.15) is 31.7 Å². The second-order valence-electron chi connectivity index (χ2n) is 5.89. The number of anilines is 1. The largest absolute Gasteiger partial charge is 0.493 e. The minimum Gasteiger partial charge on any atom is -0.493 e. The van der Waals surface area contributed by atoms with Crippen molar-refractivity contribution in [1.82, 2.24) is 0 Å². The quantitative estimate of drug-likeness (QED) is 0.894. The van der Waals surface area contributed by atoms with Gasteiger partial charge < -0.3 is 20.5 Å². The van der Waals surface area contributed by atoms with Gasteiger partial charge in [0, 0.05) is 17.8 Å². The Morgan fingerprint density at radius 2 is 1.95 bits per heavy atom. The number of methoxy groups -OCH3 is 2. The smallest absolute Gasteiger partial charge is 0.231 e. The van der Waals surface area contributed by atoms with E-state index in [-0.39, 0.29) is 11.9 Å². The highest BCUT2D eigenvalue weighted by atomic mass is 16.5. The van der Waals surface area contributed by atoms with Gasteiger partial charge in [-0.1, -0.05) is 6.42 Å². The molecule has 0 radical (unpaired) electrons. The average molecular weight is 292 g/mol. The van der Waals surface area contributed by atoms with E-state index in [1.807, 2.05) is 19.9 Å². The third kappa shape index (κ3) is 2.83. The third-order valence-electron chi connectivity index (χ3n) is 4.53. The van der Waals surface area contributed by atoms with Crippen LogP contribution >= 0.6 is 0 Å². The first-order valence-corrected chi connectivity index (χ1v) is 7.22. The van der Waals surface area contributed by atoms with E-state index in [4.69, 9.17) is 15.2 Å². The summed E-state index contributed by atoms with van der Waals surface area (Å²) in [5.41, 5.74) is 7.26. The molecule has 0 aliphatic heterocycles. The molecule has 1 amide bonds. The summed E-state index contributed by atoms with van der Waals surface area (Å²) >= 11 is 0. The first kappa shape index (κ1) is 15.6. The molecule has 2 rings (SSSR count). The van der Waals surface area contributed by atoms with Gasteiger partial charge in [0.05, 0.1) is 19.6 Å². The van der Waals surface area contributed by atoms with Gasteiger partial charge >= 0.3 is 0 Å². The maximum atomic E-state index is 12.6. The van der Waals surface area contributed by atoms with E-state index in [1.165, 1.54) is 0 Å². The van der Waals surface area contributed by atoms with Gasteiger partial charge in [-0.2, -0.15) is 0 Å². The van der Waals surface area contributed by atoms with Crippen molar-refractivity contribution in [3.8, 4) is 11.5 Å². The summed E-state index contributed by atoms with van der Waals surface area (Å²) in [6.07, 6.45) is 2.72. The van der Waals surface area contributed by atoms with Gasteiger partial charge in [0.2, 0.25) is 5.91 Å². The lowest BCUT2D eigenvalue weighted by Gasteiger charge is -2.28. The number of nitrogens with two attached hydrogens (primary N) is 1. The summed E-state index contributed by atoms with van der Waals surface area (Å²) in [5, 5.41) is 2.99. The molecular formula is C16H24N2O3. The first-order chi connectivity index (χ1) is 9.92. The van der Waals surface area contributed by atoms with Crippen molar-refractivity contribution >= 4 is 11.6 Å². The molecule has 0 saturated heterocycles. The zero-order valence-corrected chi connectivity index (χ0v) is 13.2. The Morgan fingerprint density at radius 1 is 1.33 bits per heavy atom. The van der Waals surface area contributed by atoms with Crippen LogP contribution in [0, 0.1) is 12.3 Å².